The molecule has 4 atom stereocenters. The van der Waals surface area contributed by atoms with Gasteiger partial charge in [0.15, 0.2) is 18.1 Å². The van der Waals surface area contributed by atoms with Gasteiger partial charge in [-0.25, -0.2) is 0 Å². The highest BCUT2D eigenvalue weighted by molar-refractivity contribution is 5.77. The Morgan fingerprint density at radius 3 is 2.86 bits per heavy atom. The van der Waals surface area contributed by atoms with Crippen molar-refractivity contribution in [2.75, 3.05) is 6.61 Å². The highest BCUT2D eigenvalue weighted by Crippen LogP contribution is 2.49. The number of phenols is 1. The van der Waals surface area contributed by atoms with Crippen molar-refractivity contribution < 1.29 is 14.6 Å². The largest absolute Gasteiger partial charge is 0.504 e. The number of hydrogen-bond donors (Lipinski definition) is 2. The molecule has 1 aromatic carbocycles. The zero-order chi connectivity index (χ0) is 14.8. The van der Waals surface area contributed by atoms with Crippen LogP contribution in [0.3, 0.4) is 0 Å². The summed E-state index contributed by atoms with van der Waals surface area (Å²) in [5.74, 6) is 2.60. The zero-order valence-electron chi connectivity index (χ0n) is 12.4. The highest BCUT2D eigenvalue weighted by atomic mass is 16.5. The van der Waals surface area contributed by atoms with E-state index in [4.69, 9.17) is 4.74 Å². The molecular weight excluding hydrogens is 266 g/mol. The van der Waals surface area contributed by atoms with Gasteiger partial charge in [-0.1, -0.05) is 18.6 Å². The Morgan fingerprint density at radius 2 is 2.19 bits per heavy atom. The molecule has 2 N–H and O–H groups in total. The molecule has 2 fully saturated rings. The molecule has 0 heterocycles. The number of hydrogen-bond acceptors (Lipinski definition) is 3. The van der Waals surface area contributed by atoms with Gasteiger partial charge in [-0.3, -0.25) is 4.79 Å². The second-order valence-electron chi connectivity index (χ2n) is 6.45. The van der Waals surface area contributed by atoms with Crippen molar-refractivity contribution in [2.45, 2.75) is 38.6 Å². The topological polar surface area (TPSA) is 58.6 Å². The van der Waals surface area contributed by atoms with Crippen LogP contribution in [0.5, 0.6) is 11.5 Å². The van der Waals surface area contributed by atoms with Crippen molar-refractivity contribution in [2.24, 2.45) is 17.8 Å². The molecule has 1 amide bonds. The van der Waals surface area contributed by atoms with E-state index < -0.39 is 0 Å². The Bertz CT molecular complexity index is 517. The lowest BCUT2D eigenvalue weighted by atomic mass is 9.84. The molecule has 114 valence electrons. The van der Waals surface area contributed by atoms with E-state index in [0.717, 1.165) is 11.8 Å². The van der Waals surface area contributed by atoms with Gasteiger partial charge in [0.25, 0.3) is 5.91 Å². The first-order valence-corrected chi connectivity index (χ1v) is 7.83. The van der Waals surface area contributed by atoms with Crippen LogP contribution in [0.15, 0.2) is 24.3 Å². The lowest BCUT2D eigenvalue weighted by molar-refractivity contribution is -0.124. The Kier molecular flexibility index (Phi) is 4.04. The fourth-order valence-electron chi connectivity index (χ4n) is 4.03. The smallest absolute Gasteiger partial charge is 0.258 e. The number of rotatable bonds is 5. The maximum Gasteiger partial charge on any atom is 0.258 e. The van der Waals surface area contributed by atoms with Crippen LogP contribution in [-0.4, -0.2) is 23.7 Å². The van der Waals surface area contributed by atoms with Crippen molar-refractivity contribution >= 4 is 5.91 Å². The minimum atomic E-state index is -0.117. The third-order valence-electron chi connectivity index (χ3n) is 5.05. The molecule has 0 aliphatic heterocycles. The van der Waals surface area contributed by atoms with Gasteiger partial charge in [0.1, 0.15) is 0 Å². The average Bonchev–Trinajstić information content (AvgIpc) is 3.09. The maximum absolute atomic E-state index is 12.0. The maximum atomic E-state index is 12.0. The van der Waals surface area contributed by atoms with Crippen molar-refractivity contribution in [1.82, 2.24) is 5.32 Å². The molecule has 4 heteroatoms. The molecule has 2 aliphatic rings. The number of fused-ring (bicyclic) bond motifs is 2. The third-order valence-corrected chi connectivity index (χ3v) is 5.05. The SMILES string of the molecule is C[C@H](NC(=O)COc1ccccc1O)[C@@H]1C[C@H]2CC[C@H]1C2. The molecule has 0 aromatic heterocycles. The second-order valence-corrected chi connectivity index (χ2v) is 6.45. The fourth-order valence-corrected chi connectivity index (χ4v) is 4.03. The number of nitrogens with one attached hydrogen (secondary N) is 1. The van der Waals surface area contributed by atoms with E-state index in [1.807, 2.05) is 0 Å². The molecule has 21 heavy (non-hydrogen) atoms. The van der Waals surface area contributed by atoms with Gasteiger partial charge in [-0.2, -0.15) is 0 Å². The molecule has 2 saturated carbocycles. The van der Waals surface area contributed by atoms with Crippen LogP contribution in [-0.2, 0) is 4.79 Å². The van der Waals surface area contributed by atoms with Crippen molar-refractivity contribution in [1.29, 1.82) is 0 Å². The number of carbonyl (C=O) groups excluding carboxylic acids is 1. The molecule has 4 nitrogen and oxygen atoms in total. The van der Waals surface area contributed by atoms with Gasteiger partial charge in [-0.05, 0) is 56.1 Å². The Morgan fingerprint density at radius 1 is 1.38 bits per heavy atom. The van der Waals surface area contributed by atoms with E-state index in [2.05, 4.69) is 12.2 Å². The number of phenolic OH excluding ortho intramolecular Hbond substituents is 1. The van der Waals surface area contributed by atoms with E-state index in [0.29, 0.717) is 11.7 Å². The van der Waals surface area contributed by atoms with E-state index in [1.165, 1.54) is 25.7 Å². The van der Waals surface area contributed by atoms with Crippen LogP contribution in [0.4, 0.5) is 0 Å². The fraction of sp³-hybridized carbons (Fsp3) is 0.588. The molecular formula is C17H23NO3. The van der Waals surface area contributed by atoms with Crippen LogP contribution in [0.2, 0.25) is 0 Å². The number of para-hydroxylation sites is 2. The Balaban J connectivity index is 1.47. The monoisotopic (exact) mass is 289 g/mol. The predicted octanol–water partition coefficient (Wildman–Crippen LogP) is 2.71. The highest BCUT2D eigenvalue weighted by Gasteiger charge is 2.42. The number of amides is 1. The number of benzene rings is 1. The van der Waals surface area contributed by atoms with Gasteiger partial charge in [0.05, 0.1) is 0 Å². The van der Waals surface area contributed by atoms with E-state index in [-0.39, 0.29) is 24.3 Å². The van der Waals surface area contributed by atoms with Gasteiger partial charge in [0.2, 0.25) is 0 Å². The predicted molar refractivity (Wildman–Crippen MR) is 80.1 cm³/mol. The summed E-state index contributed by atoms with van der Waals surface area (Å²) in [7, 11) is 0. The Labute approximate surface area is 125 Å². The van der Waals surface area contributed by atoms with E-state index in [9.17, 15) is 9.90 Å². The summed E-state index contributed by atoms with van der Waals surface area (Å²) >= 11 is 0. The number of carbonyl (C=O) groups is 1. The lowest BCUT2D eigenvalue weighted by Gasteiger charge is -2.28. The lowest BCUT2D eigenvalue weighted by Crippen LogP contribution is -2.42. The molecule has 0 spiro atoms. The molecule has 0 unspecified atom stereocenters. The van der Waals surface area contributed by atoms with Crippen LogP contribution >= 0.6 is 0 Å². The van der Waals surface area contributed by atoms with E-state index in [1.54, 1.807) is 24.3 Å². The van der Waals surface area contributed by atoms with Gasteiger partial charge < -0.3 is 15.2 Å². The molecule has 2 aliphatic carbocycles. The standard InChI is InChI=1S/C17H23NO3/c1-11(14-9-12-6-7-13(14)8-12)18-17(20)10-21-16-5-3-2-4-15(16)19/h2-5,11-14,19H,6-10H2,1H3,(H,18,20)/t11-,12-,13-,14-/m0/s1. The van der Waals surface area contributed by atoms with Gasteiger partial charge >= 0.3 is 0 Å². The average molecular weight is 289 g/mol. The molecule has 0 radical (unpaired) electrons. The van der Waals surface area contributed by atoms with Crippen molar-refractivity contribution in [3.8, 4) is 11.5 Å². The molecule has 1 aromatic rings. The summed E-state index contributed by atoms with van der Waals surface area (Å²) in [6.45, 7) is 2.05. The number of aromatic hydroxyl groups is 1. The van der Waals surface area contributed by atoms with Gasteiger partial charge in [0, 0.05) is 6.04 Å². The van der Waals surface area contributed by atoms with Gasteiger partial charge in [-0.15, -0.1) is 0 Å². The summed E-state index contributed by atoms with van der Waals surface area (Å²) in [4.78, 5) is 12.0. The zero-order valence-corrected chi connectivity index (χ0v) is 12.4. The summed E-state index contributed by atoms with van der Waals surface area (Å²) in [6, 6.07) is 6.90. The van der Waals surface area contributed by atoms with Crippen LogP contribution < -0.4 is 10.1 Å². The summed E-state index contributed by atoms with van der Waals surface area (Å²) < 4.78 is 5.36. The third kappa shape index (κ3) is 3.14. The summed E-state index contributed by atoms with van der Waals surface area (Å²) in [5.41, 5.74) is 0. The molecule has 0 saturated heterocycles. The van der Waals surface area contributed by atoms with Crippen molar-refractivity contribution in [3.63, 3.8) is 0 Å². The summed E-state index contributed by atoms with van der Waals surface area (Å²) in [5, 5.41) is 12.6. The minimum absolute atomic E-state index is 0.0528. The second kappa shape index (κ2) is 5.96. The van der Waals surface area contributed by atoms with E-state index >= 15 is 0 Å². The van der Waals surface area contributed by atoms with Crippen LogP contribution in [0.1, 0.15) is 32.6 Å². The first-order chi connectivity index (χ1) is 10.1. The van der Waals surface area contributed by atoms with Crippen LogP contribution in [0.25, 0.3) is 0 Å². The minimum Gasteiger partial charge on any atom is -0.504 e. The van der Waals surface area contributed by atoms with Crippen molar-refractivity contribution in [3.05, 3.63) is 24.3 Å². The summed E-state index contributed by atoms with van der Waals surface area (Å²) in [6.07, 6.45) is 5.30. The molecule has 3 rings (SSSR count). The quantitative estimate of drug-likeness (QED) is 0.876. The first-order valence-electron chi connectivity index (χ1n) is 7.83. The van der Waals surface area contributed by atoms with Crippen LogP contribution in [0, 0.1) is 17.8 Å². The Hall–Kier alpha value is -1.71. The molecule has 2 bridgehead atoms. The normalized spacial score (nSPS) is 28.3. The first kappa shape index (κ1) is 14.2. The number of ether oxygens (including phenoxy) is 1.